The van der Waals surface area contributed by atoms with Gasteiger partial charge in [-0.3, -0.25) is 4.79 Å². The number of halogens is 3. The van der Waals surface area contributed by atoms with E-state index >= 15 is 0 Å². The maximum absolute atomic E-state index is 12.3. The van der Waals surface area contributed by atoms with Gasteiger partial charge in [-0.1, -0.05) is 0 Å². The number of hydrogen-bond acceptors (Lipinski definition) is 4. The second-order valence-electron chi connectivity index (χ2n) is 4.29. The van der Waals surface area contributed by atoms with Crippen molar-refractivity contribution in [2.75, 3.05) is 31.1 Å². The highest BCUT2D eigenvalue weighted by Gasteiger charge is 2.43. The number of nitrogens with zero attached hydrogens (tertiary/aromatic N) is 4. The first-order chi connectivity index (χ1) is 8.88. The van der Waals surface area contributed by atoms with Crippen molar-refractivity contribution in [2.45, 2.75) is 13.1 Å². The first kappa shape index (κ1) is 13.6. The van der Waals surface area contributed by atoms with Crippen molar-refractivity contribution < 1.29 is 18.0 Å². The Hall–Kier alpha value is -1.86. The van der Waals surface area contributed by atoms with Gasteiger partial charge < -0.3 is 9.80 Å². The standard InChI is InChI=1S/C11H13F3N4O/c1-8-6-9(16-7-15-8)17-2-4-18(5-3-17)10(19)11(12,13)14/h6-7H,2-5H2,1H3. The predicted molar refractivity (Wildman–Crippen MR) is 61.6 cm³/mol. The summed E-state index contributed by atoms with van der Waals surface area (Å²) in [6, 6.07) is 1.77. The summed E-state index contributed by atoms with van der Waals surface area (Å²) in [6.07, 6.45) is -3.38. The summed E-state index contributed by atoms with van der Waals surface area (Å²) >= 11 is 0. The number of amides is 1. The number of carbonyl (C=O) groups excluding carboxylic acids is 1. The highest BCUT2D eigenvalue weighted by molar-refractivity contribution is 5.82. The predicted octanol–water partition coefficient (Wildman–Crippen LogP) is 0.996. The lowest BCUT2D eigenvalue weighted by Gasteiger charge is -2.35. The Balaban J connectivity index is 1.98. The molecular formula is C11H13F3N4O. The van der Waals surface area contributed by atoms with Gasteiger partial charge in [0.15, 0.2) is 0 Å². The van der Waals surface area contributed by atoms with E-state index in [2.05, 4.69) is 9.97 Å². The molecule has 1 amide bonds. The molecule has 0 spiro atoms. The number of hydrogen-bond donors (Lipinski definition) is 0. The molecule has 8 heteroatoms. The average Bonchev–Trinajstić information content (AvgIpc) is 2.37. The van der Waals surface area contributed by atoms with Crippen LogP contribution in [0, 0.1) is 6.92 Å². The van der Waals surface area contributed by atoms with Crippen LogP contribution in [0.25, 0.3) is 0 Å². The molecule has 2 rings (SSSR count). The van der Waals surface area contributed by atoms with Crippen LogP contribution in [0.5, 0.6) is 0 Å². The lowest BCUT2D eigenvalue weighted by atomic mass is 10.3. The zero-order valence-corrected chi connectivity index (χ0v) is 10.3. The van der Waals surface area contributed by atoms with Gasteiger partial charge in [0.05, 0.1) is 0 Å². The fraction of sp³-hybridized carbons (Fsp3) is 0.545. The summed E-state index contributed by atoms with van der Waals surface area (Å²) in [7, 11) is 0. The number of piperazine rings is 1. The molecule has 0 N–H and O–H groups in total. The number of aryl methyl sites for hydroxylation is 1. The molecule has 19 heavy (non-hydrogen) atoms. The molecule has 0 unspecified atom stereocenters. The Bertz CT molecular complexity index is 469. The molecule has 1 aromatic rings. The van der Waals surface area contributed by atoms with Crippen molar-refractivity contribution in [3.05, 3.63) is 18.1 Å². The third kappa shape index (κ3) is 3.12. The third-order valence-electron chi connectivity index (χ3n) is 2.92. The molecule has 0 aliphatic carbocycles. The molecule has 1 aromatic heterocycles. The topological polar surface area (TPSA) is 49.3 Å². The van der Waals surface area contributed by atoms with Gasteiger partial charge in [-0.25, -0.2) is 9.97 Å². The summed E-state index contributed by atoms with van der Waals surface area (Å²) < 4.78 is 36.8. The van der Waals surface area contributed by atoms with Crippen LogP contribution < -0.4 is 4.90 Å². The highest BCUT2D eigenvalue weighted by Crippen LogP contribution is 2.20. The SMILES string of the molecule is Cc1cc(N2CCN(C(=O)C(F)(F)F)CC2)ncn1. The lowest BCUT2D eigenvalue weighted by molar-refractivity contribution is -0.185. The molecule has 5 nitrogen and oxygen atoms in total. The molecule has 0 aromatic carbocycles. The van der Waals surface area contributed by atoms with Crippen molar-refractivity contribution in [3.63, 3.8) is 0 Å². The van der Waals surface area contributed by atoms with E-state index < -0.39 is 12.1 Å². The number of rotatable bonds is 1. The third-order valence-corrected chi connectivity index (χ3v) is 2.92. The number of aromatic nitrogens is 2. The van der Waals surface area contributed by atoms with Gasteiger partial charge in [-0.2, -0.15) is 13.2 Å². The van der Waals surface area contributed by atoms with Crippen molar-refractivity contribution in [3.8, 4) is 0 Å². The quantitative estimate of drug-likeness (QED) is 0.766. The summed E-state index contributed by atoms with van der Waals surface area (Å²) in [5.74, 6) is -1.10. The van der Waals surface area contributed by atoms with Crippen LogP contribution in [0.1, 0.15) is 5.69 Å². The number of anilines is 1. The van der Waals surface area contributed by atoms with Crippen LogP contribution >= 0.6 is 0 Å². The smallest absolute Gasteiger partial charge is 0.353 e. The van der Waals surface area contributed by atoms with Crippen molar-refractivity contribution in [1.82, 2.24) is 14.9 Å². The van der Waals surface area contributed by atoms with Gasteiger partial charge in [0.2, 0.25) is 0 Å². The van der Waals surface area contributed by atoms with E-state index in [0.717, 1.165) is 10.6 Å². The Morgan fingerprint density at radius 2 is 1.84 bits per heavy atom. The minimum Gasteiger partial charge on any atom is -0.353 e. The second kappa shape index (κ2) is 5.02. The Morgan fingerprint density at radius 3 is 2.37 bits per heavy atom. The van der Waals surface area contributed by atoms with E-state index in [9.17, 15) is 18.0 Å². The summed E-state index contributed by atoms with van der Waals surface area (Å²) in [6.45, 7) is 2.56. The highest BCUT2D eigenvalue weighted by atomic mass is 19.4. The summed E-state index contributed by atoms with van der Waals surface area (Å²) in [5.41, 5.74) is 0.791. The Morgan fingerprint density at radius 1 is 1.21 bits per heavy atom. The molecule has 0 bridgehead atoms. The molecule has 0 radical (unpaired) electrons. The summed E-state index contributed by atoms with van der Waals surface area (Å²) in [4.78, 5) is 21.8. The van der Waals surface area contributed by atoms with E-state index in [4.69, 9.17) is 0 Å². The zero-order chi connectivity index (χ0) is 14.0. The molecule has 1 fully saturated rings. The van der Waals surface area contributed by atoms with E-state index in [-0.39, 0.29) is 13.1 Å². The zero-order valence-electron chi connectivity index (χ0n) is 10.3. The second-order valence-corrected chi connectivity index (χ2v) is 4.29. The van der Waals surface area contributed by atoms with Crippen LogP contribution in [0.4, 0.5) is 19.0 Å². The lowest BCUT2D eigenvalue weighted by Crippen LogP contribution is -2.52. The minimum absolute atomic E-state index is 0.0430. The molecule has 1 aliphatic heterocycles. The van der Waals surface area contributed by atoms with Crippen molar-refractivity contribution in [2.24, 2.45) is 0 Å². The molecular weight excluding hydrogens is 261 g/mol. The van der Waals surface area contributed by atoms with Gasteiger partial charge in [-0.15, -0.1) is 0 Å². The number of carbonyl (C=O) groups is 1. The van der Waals surface area contributed by atoms with Gasteiger partial charge in [0, 0.05) is 37.9 Å². The summed E-state index contributed by atoms with van der Waals surface area (Å²) in [5, 5.41) is 0. The van der Waals surface area contributed by atoms with E-state index in [1.165, 1.54) is 6.33 Å². The van der Waals surface area contributed by atoms with Gasteiger partial charge in [-0.05, 0) is 6.92 Å². The van der Waals surface area contributed by atoms with Crippen LogP contribution in [0.15, 0.2) is 12.4 Å². The van der Waals surface area contributed by atoms with Crippen LogP contribution in [-0.2, 0) is 4.79 Å². The maximum atomic E-state index is 12.3. The fourth-order valence-electron chi connectivity index (χ4n) is 1.93. The average molecular weight is 274 g/mol. The largest absolute Gasteiger partial charge is 0.471 e. The van der Waals surface area contributed by atoms with Crippen LogP contribution in [0.3, 0.4) is 0 Å². The number of alkyl halides is 3. The van der Waals surface area contributed by atoms with Crippen LogP contribution in [-0.4, -0.2) is 53.1 Å². The van der Waals surface area contributed by atoms with Gasteiger partial charge in [0.1, 0.15) is 12.1 Å². The molecule has 0 atom stereocenters. The van der Waals surface area contributed by atoms with Crippen molar-refractivity contribution in [1.29, 1.82) is 0 Å². The first-order valence-corrected chi connectivity index (χ1v) is 5.77. The van der Waals surface area contributed by atoms with Gasteiger partial charge in [0.25, 0.3) is 0 Å². The molecule has 1 saturated heterocycles. The minimum atomic E-state index is -4.80. The molecule has 2 heterocycles. The van der Waals surface area contributed by atoms with E-state index in [1.807, 2.05) is 11.8 Å². The monoisotopic (exact) mass is 274 g/mol. The van der Waals surface area contributed by atoms with E-state index in [1.54, 1.807) is 6.07 Å². The fourth-order valence-corrected chi connectivity index (χ4v) is 1.93. The Kier molecular flexibility index (Phi) is 3.59. The van der Waals surface area contributed by atoms with Gasteiger partial charge >= 0.3 is 12.1 Å². The van der Waals surface area contributed by atoms with Crippen molar-refractivity contribution >= 4 is 11.7 Å². The Labute approximate surface area is 108 Å². The molecule has 1 aliphatic rings. The van der Waals surface area contributed by atoms with E-state index in [0.29, 0.717) is 18.9 Å². The normalized spacial score (nSPS) is 16.6. The first-order valence-electron chi connectivity index (χ1n) is 5.77. The van der Waals surface area contributed by atoms with Crippen LogP contribution in [0.2, 0.25) is 0 Å². The maximum Gasteiger partial charge on any atom is 0.471 e. The molecule has 0 saturated carbocycles. The molecule has 104 valence electrons.